The van der Waals surface area contributed by atoms with E-state index in [0.717, 1.165) is 25.8 Å². The first-order chi connectivity index (χ1) is 8.65. The molecule has 0 aliphatic carbocycles. The maximum Gasteiger partial charge on any atom is 0.240 e. The van der Waals surface area contributed by atoms with Crippen LogP contribution in [-0.2, 0) is 4.79 Å². The van der Waals surface area contributed by atoms with Crippen molar-refractivity contribution >= 4 is 22.4 Å². The van der Waals surface area contributed by atoms with Crippen LogP contribution in [0.3, 0.4) is 0 Å². The van der Waals surface area contributed by atoms with Crippen molar-refractivity contribution in [3.63, 3.8) is 0 Å². The van der Waals surface area contributed by atoms with Gasteiger partial charge in [-0.05, 0) is 32.7 Å². The van der Waals surface area contributed by atoms with Crippen LogP contribution >= 0.6 is 11.3 Å². The zero-order valence-electron chi connectivity index (χ0n) is 10.5. The summed E-state index contributed by atoms with van der Waals surface area (Å²) in [7, 11) is 0. The second kappa shape index (κ2) is 6.26. The molecule has 100 valence electrons. The van der Waals surface area contributed by atoms with Gasteiger partial charge in [0.1, 0.15) is 0 Å². The number of carbonyl (C=O) groups is 1. The Hall–Kier alpha value is -0.980. The third-order valence-corrected chi connectivity index (χ3v) is 3.83. The average molecular weight is 269 g/mol. The van der Waals surface area contributed by atoms with Crippen LogP contribution in [0.5, 0.6) is 0 Å². The van der Waals surface area contributed by atoms with E-state index in [2.05, 4.69) is 15.2 Å². The van der Waals surface area contributed by atoms with Gasteiger partial charge in [0, 0.05) is 17.6 Å². The van der Waals surface area contributed by atoms with Crippen LogP contribution < -0.4 is 5.32 Å². The molecule has 2 unspecified atom stereocenters. The second-order valence-corrected chi connectivity index (χ2v) is 5.63. The number of aliphatic hydroxyl groups excluding tert-OH is 1. The van der Waals surface area contributed by atoms with Crippen molar-refractivity contribution in [2.45, 2.75) is 38.3 Å². The summed E-state index contributed by atoms with van der Waals surface area (Å²) in [6.45, 7) is 3.12. The summed E-state index contributed by atoms with van der Waals surface area (Å²) in [4.78, 5) is 18.0. The predicted octanol–water partition coefficient (Wildman–Crippen LogP) is 1.32. The minimum atomic E-state index is -0.308. The van der Waals surface area contributed by atoms with Gasteiger partial charge in [0.25, 0.3) is 0 Å². The van der Waals surface area contributed by atoms with Gasteiger partial charge in [-0.3, -0.25) is 9.69 Å². The molecule has 2 rings (SSSR count). The van der Waals surface area contributed by atoms with Gasteiger partial charge in [0.15, 0.2) is 5.13 Å². The van der Waals surface area contributed by atoms with Crippen LogP contribution in [0.25, 0.3) is 0 Å². The van der Waals surface area contributed by atoms with E-state index < -0.39 is 0 Å². The molecule has 5 nitrogen and oxygen atoms in total. The summed E-state index contributed by atoms with van der Waals surface area (Å²) in [5, 5.41) is 14.7. The average Bonchev–Trinajstić information content (AvgIpc) is 2.91. The van der Waals surface area contributed by atoms with Crippen molar-refractivity contribution in [1.29, 1.82) is 0 Å². The Morgan fingerprint density at radius 3 is 3.28 bits per heavy atom. The van der Waals surface area contributed by atoms with Crippen molar-refractivity contribution in [3.8, 4) is 0 Å². The monoisotopic (exact) mass is 269 g/mol. The van der Waals surface area contributed by atoms with Crippen LogP contribution in [-0.4, -0.2) is 46.1 Å². The van der Waals surface area contributed by atoms with E-state index in [1.54, 1.807) is 13.1 Å². The summed E-state index contributed by atoms with van der Waals surface area (Å²) in [6, 6.07) is 0.326. The number of amides is 1. The standard InChI is InChI=1S/C12H19N3O2S/c1-9(16)7-10-3-2-5-15(10)8-11(17)14-12-13-4-6-18-12/h4,6,9-10,16H,2-3,5,7-8H2,1H3,(H,13,14,17). The van der Waals surface area contributed by atoms with Crippen LogP contribution in [0.2, 0.25) is 0 Å². The molecule has 2 N–H and O–H groups in total. The molecular formula is C12H19N3O2S. The Kier molecular flexibility index (Phi) is 4.68. The molecule has 2 heterocycles. The Morgan fingerprint density at radius 1 is 1.78 bits per heavy atom. The maximum atomic E-state index is 11.8. The third-order valence-electron chi connectivity index (χ3n) is 3.14. The Bertz CT molecular complexity index is 381. The fourth-order valence-electron chi connectivity index (χ4n) is 2.39. The second-order valence-electron chi connectivity index (χ2n) is 4.74. The Labute approximate surface area is 111 Å². The minimum Gasteiger partial charge on any atom is -0.393 e. The van der Waals surface area contributed by atoms with Gasteiger partial charge in [0.05, 0.1) is 12.6 Å². The molecule has 1 aromatic rings. The lowest BCUT2D eigenvalue weighted by molar-refractivity contribution is -0.117. The highest BCUT2D eigenvalue weighted by atomic mass is 32.1. The zero-order chi connectivity index (χ0) is 13.0. The minimum absolute atomic E-state index is 0.0255. The number of hydrogen-bond donors (Lipinski definition) is 2. The number of thiazole rings is 1. The molecule has 0 aromatic carbocycles. The highest BCUT2D eigenvalue weighted by Gasteiger charge is 2.27. The molecule has 0 bridgehead atoms. The van der Waals surface area contributed by atoms with Crippen molar-refractivity contribution in [1.82, 2.24) is 9.88 Å². The quantitative estimate of drug-likeness (QED) is 0.846. The molecule has 6 heteroatoms. The van der Waals surface area contributed by atoms with E-state index in [0.29, 0.717) is 17.7 Å². The van der Waals surface area contributed by atoms with Crippen molar-refractivity contribution in [2.75, 3.05) is 18.4 Å². The van der Waals surface area contributed by atoms with E-state index in [1.807, 2.05) is 5.38 Å². The number of aliphatic hydroxyl groups is 1. The van der Waals surface area contributed by atoms with Gasteiger partial charge < -0.3 is 10.4 Å². The van der Waals surface area contributed by atoms with Gasteiger partial charge in [-0.1, -0.05) is 0 Å². The summed E-state index contributed by atoms with van der Waals surface area (Å²) in [5.74, 6) is -0.0255. The van der Waals surface area contributed by atoms with Crippen LogP contribution in [0.1, 0.15) is 26.2 Å². The Balaban J connectivity index is 1.82. The molecule has 1 aromatic heterocycles. The molecule has 1 amide bonds. The normalized spacial score (nSPS) is 22.0. The molecule has 0 radical (unpaired) electrons. The van der Waals surface area contributed by atoms with Crippen molar-refractivity contribution in [3.05, 3.63) is 11.6 Å². The van der Waals surface area contributed by atoms with E-state index in [9.17, 15) is 9.90 Å². The first-order valence-electron chi connectivity index (χ1n) is 6.26. The van der Waals surface area contributed by atoms with Crippen LogP contribution in [0.4, 0.5) is 5.13 Å². The maximum absolute atomic E-state index is 11.8. The number of nitrogens with one attached hydrogen (secondary N) is 1. The molecule has 1 fully saturated rings. The number of carbonyl (C=O) groups excluding carboxylic acids is 1. The smallest absolute Gasteiger partial charge is 0.240 e. The van der Waals surface area contributed by atoms with Gasteiger partial charge >= 0.3 is 0 Å². The molecule has 2 atom stereocenters. The first kappa shape index (κ1) is 13.5. The number of anilines is 1. The molecule has 0 spiro atoms. The molecule has 1 saturated heterocycles. The number of aromatic nitrogens is 1. The number of nitrogens with zero attached hydrogens (tertiary/aromatic N) is 2. The van der Waals surface area contributed by atoms with E-state index >= 15 is 0 Å². The van der Waals surface area contributed by atoms with E-state index in [4.69, 9.17) is 0 Å². The molecule has 1 aliphatic rings. The SMILES string of the molecule is CC(O)CC1CCCN1CC(=O)Nc1nccs1. The summed E-state index contributed by atoms with van der Waals surface area (Å²) >= 11 is 1.42. The molecule has 18 heavy (non-hydrogen) atoms. The lowest BCUT2D eigenvalue weighted by Crippen LogP contribution is -2.38. The van der Waals surface area contributed by atoms with Crippen molar-refractivity contribution in [2.24, 2.45) is 0 Å². The Morgan fingerprint density at radius 2 is 2.61 bits per heavy atom. The number of hydrogen-bond acceptors (Lipinski definition) is 5. The van der Waals surface area contributed by atoms with Crippen LogP contribution in [0.15, 0.2) is 11.6 Å². The topological polar surface area (TPSA) is 65.5 Å². The summed E-state index contributed by atoms with van der Waals surface area (Å²) in [6.07, 6.45) is 4.27. The van der Waals surface area contributed by atoms with E-state index in [-0.39, 0.29) is 12.0 Å². The van der Waals surface area contributed by atoms with Gasteiger partial charge in [-0.15, -0.1) is 11.3 Å². The fraction of sp³-hybridized carbons (Fsp3) is 0.667. The third kappa shape index (κ3) is 3.76. The first-order valence-corrected chi connectivity index (χ1v) is 7.14. The lowest BCUT2D eigenvalue weighted by atomic mass is 10.1. The summed E-state index contributed by atoms with van der Waals surface area (Å²) < 4.78 is 0. The van der Waals surface area contributed by atoms with Crippen LogP contribution in [0, 0.1) is 0 Å². The molecule has 0 saturated carbocycles. The van der Waals surface area contributed by atoms with E-state index in [1.165, 1.54) is 11.3 Å². The van der Waals surface area contributed by atoms with Gasteiger partial charge in [-0.2, -0.15) is 0 Å². The van der Waals surface area contributed by atoms with Gasteiger partial charge in [-0.25, -0.2) is 4.98 Å². The predicted molar refractivity (Wildman–Crippen MR) is 71.6 cm³/mol. The summed E-state index contributed by atoms with van der Waals surface area (Å²) in [5.41, 5.74) is 0. The largest absolute Gasteiger partial charge is 0.393 e. The molecular weight excluding hydrogens is 250 g/mol. The highest BCUT2D eigenvalue weighted by molar-refractivity contribution is 7.13. The van der Waals surface area contributed by atoms with Gasteiger partial charge in [0.2, 0.25) is 5.91 Å². The highest BCUT2D eigenvalue weighted by Crippen LogP contribution is 2.21. The fourth-order valence-corrected chi connectivity index (χ4v) is 2.94. The molecule has 1 aliphatic heterocycles. The lowest BCUT2D eigenvalue weighted by Gasteiger charge is -2.24. The zero-order valence-corrected chi connectivity index (χ0v) is 11.3. The number of likely N-dealkylation sites (tertiary alicyclic amines) is 1. The van der Waals surface area contributed by atoms with Crippen molar-refractivity contribution < 1.29 is 9.90 Å². The number of rotatable bonds is 5.